The highest BCUT2D eigenvalue weighted by molar-refractivity contribution is 5.90. The van der Waals surface area contributed by atoms with E-state index in [-0.39, 0.29) is 28.6 Å². The summed E-state index contributed by atoms with van der Waals surface area (Å²) in [5.41, 5.74) is -0.550. The zero-order valence-electron chi connectivity index (χ0n) is 13.2. The molecule has 3 aliphatic rings. The number of nitrogens with zero attached hydrogens (tertiary/aromatic N) is 3. The number of carbonyl (C=O) groups excluding carboxylic acids is 3. The fraction of sp³-hybridized carbons (Fsp3) is 0.471. The molecule has 0 spiro atoms. The molecule has 6 heteroatoms. The highest BCUT2D eigenvalue weighted by Crippen LogP contribution is 2.56. The fourth-order valence-electron chi connectivity index (χ4n) is 4.52. The van der Waals surface area contributed by atoms with E-state index in [1.54, 1.807) is 14.7 Å². The maximum atomic E-state index is 12.0. The lowest BCUT2D eigenvalue weighted by molar-refractivity contribution is -0.128. The number of rotatable bonds is 3. The number of carbonyl (C=O) groups is 3. The second kappa shape index (κ2) is 5.08. The van der Waals surface area contributed by atoms with Gasteiger partial charge in [0.2, 0.25) is 17.7 Å². The molecule has 23 heavy (non-hydrogen) atoms. The van der Waals surface area contributed by atoms with E-state index in [9.17, 15) is 14.4 Å². The second-order valence-corrected chi connectivity index (χ2v) is 6.76. The van der Waals surface area contributed by atoms with Crippen molar-refractivity contribution in [2.45, 2.75) is 0 Å². The minimum absolute atomic E-state index is 0.0942. The van der Waals surface area contributed by atoms with Crippen LogP contribution in [0.2, 0.25) is 0 Å². The Hall–Kier alpha value is -2.37. The van der Waals surface area contributed by atoms with Gasteiger partial charge in [-0.15, -0.1) is 0 Å². The first kappa shape index (κ1) is 15.5. The summed E-state index contributed by atoms with van der Waals surface area (Å²) in [7, 11) is 0. The van der Waals surface area contributed by atoms with Crippen LogP contribution < -0.4 is 0 Å². The van der Waals surface area contributed by atoms with Crippen LogP contribution in [-0.4, -0.2) is 71.7 Å². The van der Waals surface area contributed by atoms with Gasteiger partial charge in [-0.2, -0.15) is 0 Å². The van der Waals surface area contributed by atoms with Gasteiger partial charge in [-0.1, -0.05) is 19.7 Å². The highest BCUT2D eigenvalue weighted by atomic mass is 16.2. The number of likely N-dealkylation sites (tertiary alicyclic amines) is 3. The number of hydrogen-bond donors (Lipinski definition) is 0. The van der Waals surface area contributed by atoms with Gasteiger partial charge in [0.15, 0.2) is 0 Å². The van der Waals surface area contributed by atoms with Crippen LogP contribution in [0.3, 0.4) is 0 Å². The molecule has 3 saturated heterocycles. The smallest absolute Gasteiger partial charge is 0.245 e. The predicted molar refractivity (Wildman–Crippen MR) is 85.2 cm³/mol. The highest BCUT2D eigenvalue weighted by Gasteiger charge is 2.68. The van der Waals surface area contributed by atoms with Gasteiger partial charge >= 0.3 is 0 Å². The van der Waals surface area contributed by atoms with Gasteiger partial charge in [-0.3, -0.25) is 14.4 Å². The van der Waals surface area contributed by atoms with E-state index in [1.807, 2.05) is 0 Å². The molecule has 0 radical (unpaired) electrons. The summed E-state index contributed by atoms with van der Waals surface area (Å²) < 4.78 is 0. The molecule has 3 rings (SSSR count). The predicted octanol–water partition coefficient (Wildman–Crippen LogP) is 0.0438. The minimum atomic E-state index is -0.275. The van der Waals surface area contributed by atoms with Crippen LogP contribution in [-0.2, 0) is 14.4 Å². The molecular weight excluding hydrogens is 294 g/mol. The SMILES string of the molecule is C=CC(=O)N1CC23CN(C(=O)C=C)CC2(C1)CN(C(=O)C=C)C3. The van der Waals surface area contributed by atoms with Gasteiger partial charge in [0.1, 0.15) is 0 Å². The van der Waals surface area contributed by atoms with Crippen molar-refractivity contribution in [1.82, 2.24) is 14.7 Å². The third-order valence-corrected chi connectivity index (χ3v) is 5.55. The third-order valence-electron chi connectivity index (χ3n) is 5.55. The van der Waals surface area contributed by atoms with Gasteiger partial charge < -0.3 is 14.7 Å². The molecule has 6 nitrogen and oxygen atoms in total. The van der Waals surface area contributed by atoms with Crippen LogP contribution in [0, 0.1) is 10.8 Å². The topological polar surface area (TPSA) is 60.9 Å². The van der Waals surface area contributed by atoms with Crippen molar-refractivity contribution >= 4 is 17.7 Å². The Morgan fingerprint density at radius 3 is 1.00 bits per heavy atom. The molecule has 0 saturated carbocycles. The standard InChI is InChI=1S/C17H21N3O3/c1-4-13(21)18-7-16-9-19(14(22)5-2)10-17(16,8-18)12-20(11-16)15(23)6-3/h4-6H,1-3,7-12H2. The van der Waals surface area contributed by atoms with Gasteiger partial charge in [-0.05, 0) is 18.2 Å². The number of amides is 3. The minimum Gasteiger partial charge on any atom is -0.338 e. The first-order valence-corrected chi connectivity index (χ1v) is 7.64. The molecule has 0 aromatic heterocycles. The molecule has 0 atom stereocenters. The van der Waals surface area contributed by atoms with Crippen molar-refractivity contribution in [3.8, 4) is 0 Å². The van der Waals surface area contributed by atoms with E-state index >= 15 is 0 Å². The molecule has 3 aliphatic heterocycles. The van der Waals surface area contributed by atoms with Gasteiger partial charge in [0.05, 0.1) is 0 Å². The van der Waals surface area contributed by atoms with Crippen molar-refractivity contribution < 1.29 is 14.4 Å². The maximum absolute atomic E-state index is 12.0. The van der Waals surface area contributed by atoms with E-state index < -0.39 is 0 Å². The van der Waals surface area contributed by atoms with Crippen LogP contribution in [0.4, 0.5) is 0 Å². The van der Waals surface area contributed by atoms with Crippen molar-refractivity contribution in [3.05, 3.63) is 38.0 Å². The summed E-state index contributed by atoms with van der Waals surface area (Å²) in [6.07, 6.45) is 3.97. The number of hydrogen-bond acceptors (Lipinski definition) is 3. The Kier molecular flexibility index (Phi) is 3.43. The average Bonchev–Trinajstić information content (AvgIpc) is 3.09. The first-order valence-electron chi connectivity index (χ1n) is 7.64. The summed E-state index contributed by atoms with van der Waals surface area (Å²) in [6, 6.07) is 0. The summed E-state index contributed by atoms with van der Waals surface area (Å²) in [5, 5.41) is 0. The molecule has 3 amide bonds. The molecule has 0 aromatic rings. The Balaban J connectivity index is 1.92. The zero-order valence-corrected chi connectivity index (χ0v) is 13.2. The lowest BCUT2D eigenvalue weighted by Crippen LogP contribution is -2.44. The summed E-state index contributed by atoms with van der Waals surface area (Å²) >= 11 is 0. The molecule has 0 unspecified atom stereocenters. The van der Waals surface area contributed by atoms with E-state index in [4.69, 9.17) is 0 Å². The molecule has 122 valence electrons. The van der Waals surface area contributed by atoms with E-state index in [2.05, 4.69) is 19.7 Å². The third kappa shape index (κ3) is 2.04. The maximum Gasteiger partial charge on any atom is 0.245 e. The molecule has 0 aliphatic carbocycles. The lowest BCUT2D eigenvalue weighted by Gasteiger charge is -2.29. The zero-order chi connectivity index (χ0) is 16.8. The normalized spacial score (nSPS) is 31.6. The largest absolute Gasteiger partial charge is 0.338 e. The molecular formula is C17H21N3O3. The molecule has 0 N–H and O–H groups in total. The van der Waals surface area contributed by atoms with Crippen molar-refractivity contribution in [1.29, 1.82) is 0 Å². The Bertz CT molecular complexity index is 519. The van der Waals surface area contributed by atoms with Crippen molar-refractivity contribution in [2.75, 3.05) is 39.3 Å². The monoisotopic (exact) mass is 315 g/mol. The summed E-state index contributed by atoms with van der Waals surface area (Å²) in [4.78, 5) is 41.5. The molecule has 0 bridgehead atoms. The van der Waals surface area contributed by atoms with Crippen molar-refractivity contribution in [2.24, 2.45) is 10.8 Å². The second-order valence-electron chi connectivity index (χ2n) is 6.76. The van der Waals surface area contributed by atoms with Crippen LogP contribution in [0.5, 0.6) is 0 Å². The Morgan fingerprint density at radius 2 is 0.826 bits per heavy atom. The fourth-order valence-corrected chi connectivity index (χ4v) is 4.52. The van der Waals surface area contributed by atoms with Crippen LogP contribution in [0.15, 0.2) is 38.0 Å². The van der Waals surface area contributed by atoms with Gasteiger partial charge in [-0.25, -0.2) is 0 Å². The van der Waals surface area contributed by atoms with Gasteiger partial charge in [0, 0.05) is 50.1 Å². The quantitative estimate of drug-likeness (QED) is 0.691. The van der Waals surface area contributed by atoms with Crippen molar-refractivity contribution in [3.63, 3.8) is 0 Å². The molecule has 0 aromatic carbocycles. The Labute approximate surface area is 135 Å². The molecule has 3 fully saturated rings. The average molecular weight is 315 g/mol. The van der Waals surface area contributed by atoms with Gasteiger partial charge in [0.25, 0.3) is 0 Å². The van der Waals surface area contributed by atoms with Crippen LogP contribution in [0.1, 0.15) is 0 Å². The lowest BCUT2D eigenvalue weighted by atomic mass is 9.71. The van der Waals surface area contributed by atoms with Crippen LogP contribution in [0.25, 0.3) is 0 Å². The van der Waals surface area contributed by atoms with E-state index in [0.29, 0.717) is 39.3 Å². The summed E-state index contributed by atoms with van der Waals surface area (Å²) in [6.45, 7) is 13.9. The van der Waals surface area contributed by atoms with E-state index in [0.717, 1.165) is 0 Å². The van der Waals surface area contributed by atoms with Crippen LogP contribution >= 0.6 is 0 Å². The Morgan fingerprint density at radius 1 is 0.609 bits per heavy atom. The first-order chi connectivity index (χ1) is 10.9. The van der Waals surface area contributed by atoms with E-state index in [1.165, 1.54) is 18.2 Å². The summed E-state index contributed by atoms with van der Waals surface area (Å²) in [5.74, 6) is -0.283. The molecule has 3 heterocycles.